The second-order valence-corrected chi connectivity index (χ2v) is 8.25. The van der Waals surface area contributed by atoms with Gasteiger partial charge in [0.1, 0.15) is 4.21 Å². The van der Waals surface area contributed by atoms with Crippen molar-refractivity contribution in [2.75, 3.05) is 17.9 Å². The maximum atomic E-state index is 12.1. The quantitative estimate of drug-likeness (QED) is 0.625. The fraction of sp³-hybridized carbons (Fsp3) is 0.312. The lowest BCUT2D eigenvalue weighted by atomic mass is 10.2. The molecule has 0 saturated carbocycles. The Morgan fingerprint density at radius 3 is 2.75 bits per heavy atom. The Balaban J connectivity index is 1.65. The van der Waals surface area contributed by atoms with E-state index in [0.29, 0.717) is 17.8 Å². The molecule has 8 heteroatoms. The van der Waals surface area contributed by atoms with Crippen LogP contribution in [-0.4, -0.2) is 33.6 Å². The van der Waals surface area contributed by atoms with Crippen molar-refractivity contribution in [3.8, 4) is 0 Å². The van der Waals surface area contributed by atoms with Gasteiger partial charge in [-0.3, -0.25) is 9.71 Å². The van der Waals surface area contributed by atoms with Crippen molar-refractivity contribution < 1.29 is 18.3 Å². The van der Waals surface area contributed by atoms with Crippen LogP contribution in [0.2, 0.25) is 0 Å². The summed E-state index contributed by atoms with van der Waals surface area (Å²) in [6, 6.07) is 9.45. The molecular weight excluding hydrogens is 348 g/mol. The molecule has 1 aromatic carbocycles. The smallest absolute Gasteiger partial charge is 0.271 e. The Morgan fingerprint density at radius 2 is 2.12 bits per heavy atom. The van der Waals surface area contributed by atoms with Gasteiger partial charge in [0.2, 0.25) is 0 Å². The monoisotopic (exact) mass is 365 g/mol. The largest absolute Gasteiger partial charge is 0.858 e. The van der Waals surface area contributed by atoms with Crippen LogP contribution in [0.25, 0.3) is 0 Å². The Morgan fingerprint density at radius 1 is 1.33 bits per heavy atom. The third-order valence-electron chi connectivity index (χ3n) is 3.61. The van der Waals surface area contributed by atoms with E-state index in [-0.39, 0.29) is 16.2 Å². The first-order chi connectivity index (χ1) is 11.5. The molecule has 1 aromatic heterocycles. The van der Waals surface area contributed by atoms with E-state index in [9.17, 15) is 13.5 Å². The first kappa shape index (κ1) is 16.9. The van der Waals surface area contributed by atoms with Gasteiger partial charge in [0.15, 0.2) is 0 Å². The van der Waals surface area contributed by atoms with Gasteiger partial charge in [0, 0.05) is 12.3 Å². The van der Waals surface area contributed by atoms with Crippen LogP contribution >= 0.6 is 11.3 Å². The summed E-state index contributed by atoms with van der Waals surface area (Å²) in [7, 11) is -3.58. The molecule has 2 aromatic rings. The number of hydrogen-bond acceptors (Lipinski definition) is 6. The van der Waals surface area contributed by atoms with E-state index in [1.807, 2.05) is 0 Å². The fourth-order valence-corrected chi connectivity index (χ4v) is 4.42. The van der Waals surface area contributed by atoms with Gasteiger partial charge < -0.3 is 9.84 Å². The third-order valence-corrected chi connectivity index (χ3v) is 6.39. The molecule has 0 amide bonds. The number of hydrogen-bond donors (Lipinski definition) is 1. The van der Waals surface area contributed by atoms with Crippen LogP contribution in [0, 0.1) is 0 Å². The predicted octanol–water partition coefficient (Wildman–Crippen LogP) is 1.83. The Labute approximate surface area is 144 Å². The highest BCUT2D eigenvalue weighted by Crippen LogP contribution is 2.20. The zero-order chi connectivity index (χ0) is 17.0. The van der Waals surface area contributed by atoms with Gasteiger partial charge in [0.25, 0.3) is 10.0 Å². The van der Waals surface area contributed by atoms with Crippen molar-refractivity contribution in [1.82, 2.24) is 0 Å². The molecular formula is C16H17N2O4S2-. The summed E-state index contributed by atoms with van der Waals surface area (Å²) in [5, 5.41) is 13.7. The normalized spacial score (nSPS) is 18.7. The summed E-state index contributed by atoms with van der Waals surface area (Å²) in [4.78, 5) is 4.02. The average Bonchev–Trinajstić information content (AvgIpc) is 3.26. The van der Waals surface area contributed by atoms with E-state index in [1.54, 1.807) is 35.7 Å². The molecule has 0 radical (unpaired) electrons. The maximum Gasteiger partial charge on any atom is 0.271 e. The summed E-state index contributed by atoms with van der Waals surface area (Å²) in [5.74, 6) is -0.321. The third kappa shape index (κ3) is 4.14. The molecule has 1 aliphatic heterocycles. The second kappa shape index (κ2) is 7.33. The number of aliphatic imine (C=N–C) groups is 1. The van der Waals surface area contributed by atoms with Crippen LogP contribution in [0.15, 0.2) is 51.0 Å². The maximum absolute atomic E-state index is 12.1. The summed E-state index contributed by atoms with van der Waals surface area (Å²) in [5.41, 5.74) is 0.825. The molecule has 0 unspecified atom stereocenters. The number of ether oxygens (including phenoxy) is 1. The van der Waals surface area contributed by atoms with E-state index in [2.05, 4.69) is 9.71 Å². The molecule has 1 aliphatic rings. The van der Waals surface area contributed by atoms with Crippen LogP contribution in [0.4, 0.5) is 5.69 Å². The minimum atomic E-state index is -3.58. The molecule has 3 rings (SSSR count). The average molecular weight is 365 g/mol. The van der Waals surface area contributed by atoms with Crippen LogP contribution in [0.3, 0.4) is 0 Å². The number of sulfonamides is 1. The van der Waals surface area contributed by atoms with Crippen LogP contribution in [0.5, 0.6) is 0 Å². The van der Waals surface area contributed by atoms with Crippen LogP contribution in [0.1, 0.15) is 18.4 Å². The van der Waals surface area contributed by atoms with E-state index >= 15 is 0 Å². The topological polar surface area (TPSA) is 90.8 Å². The first-order valence-electron chi connectivity index (χ1n) is 7.54. The molecule has 1 atom stereocenters. The summed E-state index contributed by atoms with van der Waals surface area (Å²) in [6.45, 7) is 1.10. The molecule has 24 heavy (non-hydrogen) atoms. The number of rotatable bonds is 6. The number of anilines is 1. The second-order valence-electron chi connectivity index (χ2n) is 5.40. The lowest BCUT2D eigenvalue weighted by Crippen LogP contribution is -2.22. The van der Waals surface area contributed by atoms with Gasteiger partial charge >= 0.3 is 0 Å². The standard InChI is InChI=1S/C16H18N2O4S2/c19-16(17-11-14-3-1-9-22-14)12-5-7-13(8-6-12)18-24(20,21)15-4-2-10-23-15/h2,4-8,10,14,18H,1,3,9,11H2,(H,17,19)/p-1/t14-/m0/s1. The predicted molar refractivity (Wildman–Crippen MR) is 91.9 cm³/mol. The number of thiophene rings is 1. The highest BCUT2D eigenvalue weighted by atomic mass is 32.2. The molecule has 0 aliphatic carbocycles. The molecule has 0 spiro atoms. The molecule has 1 fully saturated rings. The van der Waals surface area contributed by atoms with Gasteiger partial charge in [-0.15, -0.1) is 11.3 Å². The summed E-state index contributed by atoms with van der Waals surface area (Å²) in [6.07, 6.45) is 1.97. The zero-order valence-electron chi connectivity index (χ0n) is 12.8. The molecule has 6 nitrogen and oxygen atoms in total. The van der Waals surface area contributed by atoms with E-state index in [0.717, 1.165) is 30.8 Å². The van der Waals surface area contributed by atoms with Crippen molar-refractivity contribution >= 4 is 32.9 Å². The summed E-state index contributed by atoms with van der Waals surface area (Å²) >= 11 is 1.14. The fourth-order valence-electron chi connectivity index (χ4n) is 2.37. The van der Waals surface area contributed by atoms with Crippen molar-refractivity contribution in [2.45, 2.75) is 23.2 Å². The van der Waals surface area contributed by atoms with Gasteiger partial charge in [-0.05, 0) is 47.9 Å². The molecule has 1 saturated heterocycles. The Kier molecular flexibility index (Phi) is 5.17. The number of nitrogens with zero attached hydrogens (tertiary/aromatic N) is 1. The van der Waals surface area contributed by atoms with Gasteiger partial charge in [-0.1, -0.05) is 18.2 Å². The summed E-state index contributed by atoms with van der Waals surface area (Å²) < 4.78 is 32.4. The van der Waals surface area contributed by atoms with Crippen molar-refractivity contribution in [1.29, 1.82) is 0 Å². The number of nitrogens with one attached hydrogen (secondary N) is 1. The first-order valence-corrected chi connectivity index (χ1v) is 9.91. The van der Waals surface area contributed by atoms with Crippen molar-refractivity contribution in [2.24, 2.45) is 4.99 Å². The lowest BCUT2D eigenvalue weighted by Gasteiger charge is -2.14. The zero-order valence-corrected chi connectivity index (χ0v) is 14.5. The minimum absolute atomic E-state index is 0.0332. The van der Waals surface area contributed by atoms with E-state index in [1.165, 1.54) is 6.07 Å². The molecule has 1 N–H and O–H groups in total. The number of benzene rings is 1. The SMILES string of the molecule is O=S(=O)(Nc1ccc(C([O-])=NC[C@@H]2CCCO2)cc1)c1cccs1. The highest BCUT2D eigenvalue weighted by molar-refractivity contribution is 7.94. The molecule has 0 bridgehead atoms. The Hall–Kier alpha value is -1.90. The molecule has 128 valence electrons. The molecule has 2 heterocycles. The van der Waals surface area contributed by atoms with E-state index < -0.39 is 10.0 Å². The van der Waals surface area contributed by atoms with E-state index in [4.69, 9.17) is 4.74 Å². The van der Waals surface area contributed by atoms with Crippen LogP contribution in [-0.2, 0) is 14.8 Å². The van der Waals surface area contributed by atoms with Crippen molar-refractivity contribution in [3.05, 3.63) is 47.3 Å². The van der Waals surface area contributed by atoms with Crippen molar-refractivity contribution in [3.63, 3.8) is 0 Å². The van der Waals surface area contributed by atoms with Gasteiger partial charge in [0.05, 0.1) is 12.6 Å². The van der Waals surface area contributed by atoms with Gasteiger partial charge in [-0.2, -0.15) is 0 Å². The van der Waals surface area contributed by atoms with Gasteiger partial charge in [-0.25, -0.2) is 8.42 Å². The Bertz CT molecular complexity index is 793. The minimum Gasteiger partial charge on any atom is -0.858 e. The van der Waals surface area contributed by atoms with Crippen LogP contribution < -0.4 is 9.83 Å². The lowest BCUT2D eigenvalue weighted by molar-refractivity contribution is -0.213. The highest BCUT2D eigenvalue weighted by Gasteiger charge is 2.15.